The second-order valence-electron chi connectivity index (χ2n) is 4.49. The Morgan fingerprint density at radius 2 is 2.25 bits per heavy atom. The molecule has 1 aromatic rings. The maximum atomic E-state index is 13.1. The molecule has 1 heterocycles. The molecule has 5 heteroatoms. The normalized spacial score (nSPS) is 25.1. The van der Waals surface area contributed by atoms with Crippen molar-refractivity contribution >= 4 is 23.0 Å². The van der Waals surface area contributed by atoms with Gasteiger partial charge in [-0.05, 0) is 19.4 Å². The summed E-state index contributed by atoms with van der Waals surface area (Å²) in [6.45, 7) is 2.95. The fourth-order valence-corrected chi connectivity index (χ4v) is 2.13. The minimum absolute atomic E-state index is 0.0516. The van der Waals surface area contributed by atoms with E-state index in [-0.39, 0.29) is 5.02 Å². The quantitative estimate of drug-likeness (QED) is 0.743. The van der Waals surface area contributed by atoms with Gasteiger partial charge in [-0.2, -0.15) is 0 Å². The predicted molar refractivity (Wildman–Crippen MR) is 63.3 cm³/mol. The molecule has 0 aliphatic carbocycles. The molecule has 0 saturated carbocycles. The molecular formula is C11H14ClFN2O. The Morgan fingerprint density at radius 1 is 1.56 bits per heavy atom. The van der Waals surface area contributed by atoms with Crippen LogP contribution in [0.2, 0.25) is 5.02 Å². The van der Waals surface area contributed by atoms with Gasteiger partial charge in [-0.1, -0.05) is 11.6 Å². The molecule has 3 N–H and O–H groups in total. The number of nitrogens with zero attached hydrogens (tertiary/aromatic N) is 1. The zero-order chi connectivity index (χ0) is 11.9. The van der Waals surface area contributed by atoms with Gasteiger partial charge < -0.3 is 15.7 Å². The molecule has 1 fully saturated rings. The molecule has 0 spiro atoms. The number of β-amino-alcohol motifs (C(OH)–C–C–N with tert-alkyl or cyclic N) is 1. The van der Waals surface area contributed by atoms with Crippen molar-refractivity contribution in [2.75, 3.05) is 23.7 Å². The summed E-state index contributed by atoms with van der Waals surface area (Å²) >= 11 is 5.72. The van der Waals surface area contributed by atoms with Crippen molar-refractivity contribution in [2.24, 2.45) is 0 Å². The topological polar surface area (TPSA) is 49.5 Å². The molecule has 1 unspecified atom stereocenters. The molecule has 0 aromatic heterocycles. The van der Waals surface area contributed by atoms with Gasteiger partial charge in [0.1, 0.15) is 5.82 Å². The highest BCUT2D eigenvalue weighted by Crippen LogP contribution is 2.33. The lowest BCUT2D eigenvalue weighted by atomic mass is 10.1. The Balaban J connectivity index is 2.32. The number of hydrogen-bond donors (Lipinski definition) is 2. The number of aliphatic hydroxyl groups is 1. The number of benzene rings is 1. The Morgan fingerprint density at radius 3 is 2.81 bits per heavy atom. The minimum atomic E-state index is -0.715. The van der Waals surface area contributed by atoms with Gasteiger partial charge >= 0.3 is 0 Å². The fourth-order valence-electron chi connectivity index (χ4n) is 1.98. The third-order valence-electron chi connectivity index (χ3n) is 2.86. The molecule has 1 saturated heterocycles. The summed E-state index contributed by atoms with van der Waals surface area (Å²) in [4.78, 5) is 1.92. The maximum Gasteiger partial charge on any atom is 0.143 e. The van der Waals surface area contributed by atoms with E-state index in [4.69, 9.17) is 17.3 Å². The Hall–Kier alpha value is -1.00. The first-order valence-electron chi connectivity index (χ1n) is 5.11. The van der Waals surface area contributed by atoms with Crippen molar-refractivity contribution < 1.29 is 9.50 Å². The lowest BCUT2D eigenvalue weighted by Crippen LogP contribution is -2.29. The largest absolute Gasteiger partial charge is 0.397 e. The molecule has 0 radical (unpaired) electrons. The monoisotopic (exact) mass is 244 g/mol. The Kier molecular flexibility index (Phi) is 2.72. The third-order valence-corrected chi connectivity index (χ3v) is 3.15. The first-order chi connectivity index (χ1) is 7.39. The van der Waals surface area contributed by atoms with Crippen LogP contribution in [0.1, 0.15) is 13.3 Å². The van der Waals surface area contributed by atoms with E-state index in [0.717, 1.165) is 0 Å². The summed E-state index contributed by atoms with van der Waals surface area (Å²) in [5.41, 5.74) is 6.05. The van der Waals surface area contributed by atoms with E-state index in [0.29, 0.717) is 30.9 Å². The number of anilines is 2. The van der Waals surface area contributed by atoms with Crippen molar-refractivity contribution in [3.63, 3.8) is 0 Å². The van der Waals surface area contributed by atoms with Gasteiger partial charge in [0.25, 0.3) is 0 Å². The number of hydrogen-bond acceptors (Lipinski definition) is 3. The van der Waals surface area contributed by atoms with Crippen molar-refractivity contribution in [2.45, 2.75) is 18.9 Å². The molecule has 16 heavy (non-hydrogen) atoms. The zero-order valence-electron chi connectivity index (χ0n) is 9.00. The standard InChI is InChI=1S/C11H14ClFN2O/c1-11(16)2-3-15(6-11)10-4-7(12)8(13)5-9(10)14/h4-5,16H,2-3,6,14H2,1H3. The van der Waals surface area contributed by atoms with E-state index in [2.05, 4.69) is 0 Å². The molecule has 0 amide bonds. The van der Waals surface area contributed by atoms with Crippen LogP contribution in [-0.2, 0) is 0 Å². The molecule has 2 rings (SSSR count). The number of nitrogen functional groups attached to an aromatic ring is 1. The van der Waals surface area contributed by atoms with Crippen molar-refractivity contribution in [3.05, 3.63) is 23.0 Å². The van der Waals surface area contributed by atoms with Gasteiger partial charge in [0.2, 0.25) is 0 Å². The smallest absolute Gasteiger partial charge is 0.143 e. The van der Waals surface area contributed by atoms with E-state index in [1.54, 1.807) is 6.92 Å². The second-order valence-corrected chi connectivity index (χ2v) is 4.90. The summed E-state index contributed by atoms with van der Waals surface area (Å²) in [5, 5.41) is 9.90. The molecule has 3 nitrogen and oxygen atoms in total. The van der Waals surface area contributed by atoms with Gasteiger partial charge in [-0.25, -0.2) is 4.39 Å². The lowest BCUT2D eigenvalue weighted by Gasteiger charge is -2.22. The van der Waals surface area contributed by atoms with Crippen LogP contribution in [-0.4, -0.2) is 23.8 Å². The fraction of sp³-hybridized carbons (Fsp3) is 0.455. The summed E-state index contributed by atoms with van der Waals surface area (Å²) in [6, 6.07) is 2.72. The van der Waals surface area contributed by atoms with E-state index in [1.165, 1.54) is 12.1 Å². The first kappa shape index (κ1) is 11.5. The first-order valence-corrected chi connectivity index (χ1v) is 5.49. The van der Waals surface area contributed by atoms with E-state index >= 15 is 0 Å². The minimum Gasteiger partial charge on any atom is -0.397 e. The number of nitrogens with two attached hydrogens (primary N) is 1. The Labute approximate surface area is 98.6 Å². The van der Waals surface area contributed by atoms with Gasteiger partial charge in [0.15, 0.2) is 0 Å². The average molecular weight is 245 g/mol. The van der Waals surface area contributed by atoms with E-state index in [1.807, 2.05) is 4.90 Å². The van der Waals surface area contributed by atoms with Crippen molar-refractivity contribution in [1.29, 1.82) is 0 Å². The predicted octanol–water partition coefficient (Wildman–Crippen LogP) is 2.02. The van der Waals surface area contributed by atoms with Crippen LogP contribution >= 0.6 is 11.6 Å². The lowest BCUT2D eigenvalue weighted by molar-refractivity contribution is 0.0839. The molecule has 1 atom stereocenters. The van der Waals surface area contributed by atoms with Crippen LogP contribution in [0.4, 0.5) is 15.8 Å². The third kappa shape index (κ3) is 2.08. The SMILES string of the molecule is CC1(O)CCN(c2cc(Cl)c(F)cc2N)C1. The summed E-state index contributed by atoms with van der Waals surface area (Å²) in [6.07, 6.45) is 0.668. The summed E-state index contributed by atoms with van der Waals surface area (Å²) < 4.78 is 13.1. The zero-order valence-corrected chi connectivity index (χ0v) is 9.76. The number of rotatable bonds is 1. The van der Waals surface area contributed by atoms with E-state index < -0.39 is 11.4 Å². The highest BCUT2D eigenvalue weighted by molar-refractivity contribution is 6.31. The molecule has 1 aliphatic rings. The number of halogens is 2. The van der Waals surface area contributed by atoms with Gasteiger partial charge in [-0.3, -0.25) is 0 Å². The van der Waals surface area contributed by atoms with Gasteiger partial charge in [0, 0.05) is 19.2 Å². The van der Waals surface area contributed by atoms with Crippen LogP contribution in [0.5, 0.6) is 0 Å². The molecule has 1 aromatic carbocycles. The second kappa shape index (κ2) is 3.79. The Bertz CT molecular complexity index is 423. The summed E-state index contributed by atoms with van der Waals surface area (Å²) in [5.74, 6) is -0.520. The van der Waals surface area contributed by atoms with Crippen molar-refractivity contribution in [1.82, 2.24) is 0 Å². The molecular weight excluding hydrogens is 231 g/mol. The van der Waals surface area contributed by atoms with E-state index in [9.17, 15) is 9.50 Å². The highest BCUT2D eigenvalue weighted by Gasteiger charge is 2.32. The maximum absolute atomic E-state index is 13.1. The van der Waals surface area contributed by atoms with Crippen LogP contribution < -0.4 is 10.6 Å². The molecule has 1 aliphatic heterocycles. The molecule has 88 valence electrons. The van der Waals surface area contributed by atoms with Gasteiger partial charge in [0.05, 0.1) is 22.0 Å². The van der Waals surface area contributed by atoms with Crippen LogP contribution in [0.25, 0.3) is 0 Å². The highest BCUT2D eigenvalue weighted by atomic mass is 35.5. The average Bonchev–Trinajstić information content (AvgIpc) is 2.52. The van der Waals surface area contributed by atoms with Crippen LogP contribution in [0.3, 0.4) is 0 Å². The van der Waals surface area contributed by atoms with Crippen LogP contribution in [0.15, 0.2) is 12.1 Å². The summed E-state index contributed by atoms with van der Waals surface area (Å²) in [7, 11) is 0. The molecule has 0 bridgehead atoms. The van der Waals surface area contributed by atoms with Crippen LogP contribution in [0, 0.1) is 5.82 Å². The van der Waals surface area contributed by atoms with Crippen molar-refractivity contribution in [3.8, 4) is 0 Å². The van der Waals surface area contributed by atoms with Gasteiger partial charge in [-0.15, -0.1) is 0 Å².